The SMILES string of the molecule is CCNC(=O)COc1ccc(NC(=O)c2ccc3c(c2)SC2=NS(=O)(=O)CCN23)cc1. The standard InChI is InChI=1S/C20H20N4O5S2/c1-2-21-18(25)12-29-15-6-4-14(5-7-15)22-19(26)13-3-8-16-17(11-13)30-20-23-31(27,28)10-9-24(16)20/h3-8,11H,2,9-10,12H2,1H3,(H,21,25)(H,22,26). The molecule has 0 spiro atoms. The maximum atomic E-state index is 12.7. The number of likely N-dealkylation sites (N-methyl/N-ethyl adjacent to an activating group) is 1. The number of ether oxygens (including phenoxy) is 1. The Kier molecular flexibility index (Phi) is 5.88. The van der Waals surface area contributed by atoms with Gasteiger partial charge in [0.25, 0.3) is 21.8 Å². The van der Waals surface area contributed by atoms with Crippen molar-refractivity contribution in [2.24, 2.45) is 4.40 Å². The summed E-state index contributed by atoms with van der Waals surface area (Å²) in [6.07, 6.45) is 0. The molecule has 0 unspecified atom stereocenters. The van der Waals surface area contributed by atoms with Crippen molar-refractivity contribution in [3.63, 3.8) is 0 Å². The van der Waals surface area contributed by atoms with Crippen molar-refractivity contribution in [2.75, 3.05) is 35.7 Å². The topological polar surface area (TPSA) is 117 Å². The van der Waals surface area contributed by atoms with Crippen LogP contribution in [0.2, 0.25) is 0 Å². The Balaban J connectivity index is 1.41. The quantitative estimate of drug-likeness (QED) is 0.678. The number of rotatable bonds is 6. The Hall–Kier alpha value is -3.05. The van der Waals surface area contributed by atoms with Gasteiger partial charge in [0.05, 0.1) is 11.4 Å². The van der Waals surface area contributed by atoms with Gasteiger partial charge in [-0.3, -0.25) is 9.59 Å². The molecule has 2 amide bonds. The minimum atomic E-state index is -3.42. The Bertz CT molecular complexity index is 1160. The highest BCUT2D eigenvalue weighted by atomic mass is 32.2. The molecule has 2 aliphatic rings. The van der Waals surface area contributed by atoms with Gasteiger partial charge in [-0.2, -0.15) is 0 Å². The van der Waals surface area contributed by atoms with Gasteiger partial charge >= 0.3 is 0 Å². The molecule has 0 fully saturated rings. The number of amides is 2. The highest BCUT2D eigenvalue weighted by Gasteiger charge is 2.33. The van der Waals surface area contributed by atoms with Gasteiger partial charge < -0.3 is 20.3 Å². The smallest absolute Gasteiger partial charge is 0.257 e. The molecule has 0 radical (unpaired) electrons. The summed E-state index contributed by atoms with van der Waals surface area (Å²) in [5.41, 5.74) is 1.88. The van der Waals surface area contributed by atoms with Crippen molar-refractivity contribution in [3.05, 3.63) is 48.0 Å². The molecule has 11 heteroatoms. The summed E-state index contributed by atoms with van der Waals surface area (Å²) < 4.78 is 32.7. The lowest BCUT2D eigenvalue weighted by Gasteiger charge is -2.22. The van der Waals surface area contributed by atoms with Crippen LogP contribution in [0.25, 0.3) is 0 Å². The fourth-order valence-corrected chi connectivity index (χ4v) is 5.40. The maximum Gasteiger partial charge on any atom is 0.257 e. The third kappa shape index (κ3) is 4.83. The third-order valence-corrected chi connectivity index (χ3v) is 6.90. The molecule has 0 saturated carbocycles. The summed E-state index contributed by atoms with van der Waals surface area (Å²) in [4.78, 5) is 26.7. The summed E-state index contributed by atoms with van der Waals surface area (Å²) in [6.45, 7) is 2.65. The van der Waals surface area contributed by atoms with Crippen LogP contribution in [0.15, 0.2) is 51.8 Å². The molecule has 2 heterocycles. The van der Waals surface area contributed by atoms with Crippen molar-refractivity contribution in [1.82, 2.24) is 5.32 Å². The molecular weight excluding hydrogens is 440 g/mol. The van der Waals surface area contributed by atoms with E-state index in [9.17, 15) is 18.0 Å². The van der Waals surface area contributed by atoms with Crippen LogP contribution in [0.4, 0.5) is 11.4 Å². The van der Waals surface area contributed by atoms with Crippen LogP contribution in [0.5, 0.6) is 5.75 Å². The van der Waals surface area contributed by atoms with Crippen molar-refractivity contribution in [3.8, 4) is 5.75 Å². The first-order chi connectivity index (χ1) is 14.8. The van der Waals surface area contributed by atoms with Crippen molar-refractivity contribution >= 4 is 50.1 Å². The predicted octanol–water partition coefficient (Wildman–Crippen LogP) is 2.07. The number of nitrogens with zero attached hydrogens (tertiary/aromatic N) is 2. The molecule has 9 nitrogen and oxygen atoms in total. The second-order valence-corrected chi connectivity index (χ2v) is 9.58. The first-order valence-electron chi connectivity index (χ1n) is 9.57. The zero-order chi connectivity index (χ0) is 22.0. The van der Waals surface area contributed by atoms with Gasteiger partial charge in [0, 0.05) is 29.2 Å². The van der Waals surface area contributed by atoms with E-state index in [0.29, 0.717) is 35.3 Å². The first-order valence-corrected chi connectivity index (χ1v) is 12.0. The number of amidine groups is 1. The van der Waals surface area contributed by atoms with Gasteiger partial charge in [0.2, 0.25) is 0 Å². The second-order valence-electron chi connectivity index (χ2n) is 6.82. The van der Waals surface area contributed by atoms with E-state index in [4.69, 9.17) is 4.74 Å². The number of benzene rings is 2. The van der Waals surface area contributed by atoms with Crippen LogP contribution >= 0.6 is 11.8 Å². The van der Waals surface area contributed by atoms with Crippen LogP contribution < -0.4 is 20.3 Å². The molecule has 0 aromatic heterocycles. The van der Waals surface area contributed by atoms with Crippen LogP contribution in [0.3, 0.4) is 0 Å². The number of nitrogens with one attached hydrogen (secondary N) is 2. The predicted molar refractivity (Wildman–Crippen MR) is 119 cm³/mol. The van der Waals surface area contributed by atoms with Crippen LogP contribution in [0.1, 0.15) is 17.3 Å². The summed E-state index contributed by atoms with van der Waals surface area (Å²) in [5.74, 6) is 0.000302. The van der Waals surface area contributed by atoms with E-state index in [-0.39, 0.29) is 24.2 Å². The molecule has 2 aromatic rings. The number of hydrogen-bond acceptors (Lipinski definition) is 7. The van der Waals surface area contributed by atoms with Crippen molar-refractivity contribution in [1.29, 1.82) is 0 Å². The summed E-state index contributed by atoms with van der Waals surface area (Å²) in [7, 11) is -3.42. The zero-order valence-electron chi connectivity index (χ0n) is 16.6. The molecule has 0 aliphatic carbocycles. The van der Waals surface area contributed by atoms with Gasteiger partial charge in [-0.25, -0.2) is 8.42 Å². The number of hydrogen-bond donors (Lipinski definition) is 2. The van der Waals surface area contributed by atoms with E-state index in [1.807, 2.05) is 11.8 Å². The number of sulfonamides is 1. The average Bonchev–Trinajstić information content (AvgIpc) is 3.08. The fraction of sp³-hybridized carbons (Fsp3) is 0.250. The minimum absolute atomic E-state index is 0.0261. The van der Waals surface area contributed by atoms with E-state index < -0.39 is 10.0 Å². The molecule has 31 heavy (non-hydrogen) atoms. The zero-order valence-corrected chi connectivity index (χ0v) is 18.3. The van der Waals surface area contributed by atoms with Crippen molar-refractivity contribution in [2.45, 2.75) is 11.8 Å². The van der Waals surface area contributed by atoms with E-state index in [1.54, 1.807) is 42.5 Å². The molecule has 2 aliphatic heterocycles. The van der Waals surface area contributed by atoms with Gasteiger partial charge in [-0.1, -0.05) is 0 Å². The van der Waals surface area contributed by atoms with E-state index in [1.165, 1.54) is 11.8 Å². The maximum absolute atomic E-state index is 12.7. The minimum Gasteiger partial charge on any atom is -0.484 e. The van der Waals surface area contributed by atoms with Crippen LogP contribution in [-0.4, -0.2) is 50.8 Å². The molecule has 2 aromatic carbocycles. The fourth-order valence-electron chi connectivity index (χ4n) is 3.11. The Labute approximate surface area is 183 Å². The van der Waals surface area contributed by atoms with E-state index >= 15 is 0 Å². The number of fused-ring (bicyclic) bond motifs is 3. The van der Waals surface area contributed by atoms with Gasteiger partial charge in [-0.15, -0.1) is 4.40 Å². The monoisotopic (exact) mass is 460 g/mol. The molecule has 0 atom stereocenters. The summed E-state index contributed by atoms with van der Waals surface area (Å²) in [6, 6.07) is 11.9. The Morgan fingerprint density at radius 3 is 2.71 bits per heavy atom. The second kappa shape index (κ2) is 8.60. The molecule has 162 valence electrons. The first kappa shape index (κ1) is 21.2. The number of thioether (sulfide) groups is 1. The van der Waals surface area contributed by atoms with Crippen LogP contribution in [-0.2, 0) is 14.8 Å². The largest absolute Gasteiger partial charge is 0.484 e. The van der Waals surface area contributed by atoms with Gasteiger partial charge in [0.15, 0.2) is 11.8 Å². The molecule has 0 saturated heterocycles. The normalized spacial score (nSPS) is 16.0. The average molecular weight is 461 g/mol. The molecule has 2 N–H and O–H groups in total. The Morgan fingerprint density at radius 2 is 1.97 bits per heavy atom. The van der Waals surface area contributed by atoms with Crippen LogP contribution in [0, 0.1) is 0 Å². The lowest BCUT2D eigenvalue weighted by molar-refractivity contribution is -0.122. The highest BCUT2D eigenvalue weighted by Crippen LogP contribution is 2.42. The number of carbonyl (C=O) groups excluding carboxylic acids is 2. The lowest BCUT2D eigenvalue weighted by atomic mass is 10.1. The highest BCUT2D eigenvalue weighted by molar-refractivity contribution is 8.15. The molecular formula is C20H20N4O5S2. The van der Waals surface area contributed by atoms with Crippen molar-refractivity contribution < 1.29 is 22.7 Å². The Morgan fingerprint density at radius 1 is 1.19 bits per heavy atom. The number of carbonyl (C=O) groups is 2. The molecule has 0 bridgehead atoms. The van der Waals surface area contributed by atoms with E-state index in [0.717, 1.165) is 10.6 Å². The van der Waals surface area contributed by atoms with E-state index in [2.05, 4.69) is 15.0 Å². The summed E-state index contributed by atoms with van der Waals surface area (Å²) in [5, 5.41) is 5.88. The molecule has 4 rings (SSSR count). The third-order valence-electron chi connectivity index (χ3n) is 4.59. The summed E-state index contributed by atoms with van der Waals surface area (Å²) >= 11 is 1.24. The van der Waals surface area contributed by atoms with Gasteiger partial charge in [-0.05, 0) is 61.2 Å². The number of anilines is 2. The van der Waals surface area contributed by atoms with Gasteiger partial charge in [0.1, 0.15) is 5.75 Å². The lowest BCUT2D eigenvalue weighted by Crippen LogP contribution is -2.35.